The molecule has 2 atom stereocenters. The first kappa shape index (κ1) is 23.6. The molecule has 2 aromatic carbocycles. The van der Waals surface area contributed by atoms with Gasteiger partial charge in [0.1, 0.15) is 0 Å². The number of hydrogen-bond donors (Lipinski definition) is 3. The predicted molar refractivity (Wildman–Crippen MR) is 130 cm³/mol. The van der Waals surface area contributed by atoms with E-state index in [0.717, 1.165) is 38.8 Å². The third-order valence-electron chi connectivity index (χ3n) is 6.76. The summed E-state index contributed by atoms with van der Waals surface area (Å²) < 4.78 is 5.68. The second kappa shape index (κ2) is 11.5. The van der Waals surface area contributed by atoms with Crippen LogP contribution in [0.15, 0.2) is 54.6 Å². The maximum Gasteiger partial charge on any atom is 0.412 e. The van der Waals surface area contributed by atoms with Crippen molar-refractivity contribution in [1.82, 2.24) is 10.6 Å². The van der Waals surface area contributed by atoms with Crippen LogP contribution in [0.2, 0.25) is 5.02 Å². The number of benzene rings is 2. The molecule has 1 aliphatic carbocycles. The Balaban J connectivity index is 1.49. The first-order valence-corrected chi connectivity index (χ1v) is 12.3. The Morgan fingerprint density at radius 3 is 2.21 bits per heavy atom. The molecule has 2 fully saturated rings. The summed E-state index contributed by atoms with van der Waals surface area (Å²) in [6.45, 7) is 1.96. The summed E-state index contributed by atoms with van der Waals surface area (Å²) >= 11 is 5.92. The van der Waals surface area contributed by atoms with Crippen molar-refractivity contribution in [3.63, 3.8) is 0 Å². The van der Waals surface area contributed by atoms with Crippen molar-refractivity contribution in [2.24, 2.45) is 11.8 Å². The molecule has 1 heterocycles. The first-order valence-electron chi connectivity index (χ1n) is 11.9. The van der Waals surface area contributed by atoms with Gasteiger partial charge in [-0.2, -0.15) is 0 Å². The fourth-order valence-corrected chi connectivity index (χ4v) is 5.19. The second-order valence-corrected chi connectivity index (χ2v) is 9.43. The van der Waals surface area contributed by atoms with Crippen molar-refractivity contribution in [1.29, 1.82) is 0 Å². The van der Waals surface area contributed by atoms with Crippen LogP contribution in [-0.4, -0.2) is 31.1 Å². The van der Waals surface area contributed by atoms with Crippen molar-refractivity contribution < 1.29 is 14.3 Å². The lowest BCUT2D eigenvalue weighted by Crippen LogP contribution is -2.49. The molecule has 6 nitrogen and oxygen atoms in total. The number of carbonyl (C=O) groups excluding carboxylic acids is 2. The SMILES string of the molecule is O=C(Nc1ccc(Cl)cc1)OC(C(=O)NC(C1CCCC1)C1CCNCC1)c1ccccc1. The minimum atomic E-state index is -1.02. The fraction of sp³-hybridized carbons (Fsp3) is 0.462. The summed E-state index contributed by atoms with van der Waals surface area (Å²) in [4.78, 5) is 26.2. The quantitative estimate of drug-likeness (QED) is 0.513. The highest BCUT2D eigenvalue weighted by Gasteiger charge is 2.36. The number of hydrogen-bond acceptors (Lipinski definition) is 4. The van der Waals surface area contributed by atoms with Gasteiger partial charge < -0.3 is 15.4 Å². The van der Waals surface area contributed by atoms with Gasteiger partial charge in [0.25, 0.3) is 5.91 Å². The smallest absolute Gasteiger partial charge is 0.412 e. The Kier molecular flexibility index (Phi) is 8.24. The van der Waals surface area contributed by atoms with Crippen LogP contribution < -0.4 is 16.0 Å². The Bertz CT molecular complexity index is 910. The van der Waals surface area contributed by atoms with Crippen LogP contribution in [0.4, 0.5) is 10.5 Å². The second-order valence-electron chi connectivity index (χ2n) is 8.99. The van der Waals surface area contributed by atoms with Gasteiger partial charge in [-0.15, -0.1) is 0 Å². The standard InChI is InChI=1S/C26H32ClN3O3/c27-21-10-12-22(13-11-21)29-26(32)33-24(20-8-2-1-3-9-20)25(31)30-23(18-6-4-5-7-18)19-14-16-28-17-15-19/h1-3,8-13,18-19,23-24,28H,4-7,14-17H2,(H,29,32)(H,30,31). The van der Waals surface area contributed by atoms with Gasteiger partial charge in [0, 0.05) is 22.3 Å². The van der Waals surface area contributed by atoms with E-state index in [2.05, 4.69) is 16.0 Å². The van der Waals surface area contributed by atoms with E-state index < -0.39 is 12.2 Å². The highest BCUT2D eigenvalue weighted by Crippen LogP contribution is 2.34. The van der Waals surface area contributed by atoms with Gasteiger partial charge in [-0.1, -0.05) is 54.8 Å². The molecule has 0 radical (unpaired) electrons. The maximum atomic E-state index is 13.5. The molecular weight excluding hydrogens is 438 g/mol. The van der Waals surface area contributed by atoms with Crippen LogP contribution >= 0.6 is 11.6 Å². The summed E-state index contributed by atoms with van der Waals surface area (Å²) in [5, 5.41) is 9.99. The molecule has 33 heavy (non-hydrogen) atoms. The molecule has 1 saturated carbocycles. The zero-order valence-corrected chi connectivity index (χ0v) is 19.5. The summed E-state index contributed by atoms with van der Waals surface area (Å²) in [6, 6.07) is 16.0. The lowest BCUT2D eigenvalue weighted by molar-refractivity contribution is -0.131. The number of ether oxygens (including phenoxy) is 1. The van der Waals surface area contributed by atoms with Crippen LogP contribution in [0.1, 0.15) is 50.2 Å². The van der Waals surface area contributed by atoms with E-state index in [-0.39, 0.29) is 11.9 Å². The summed E-state index contributed by atoms with van der Waals surface area (Å²) in [6.07, 6.45) is 5.11. The number of halogens is 1. The molecule has 176 valence electrons. The van der Waals surface area contributed by atoms with E-state index in [9.17, 15) is 9.59 Å². The van der Waals surface area contributed by atoms with Gasteiger partial charge in [0.2, 0.25) is 6.10 Å². The molecule has 1 aliphatic heterocycles. The van der Waals surface area contributed by atoms with Crippen LogP contribution in [0.25, 0.3) is 0 Å². The molecular formula is C26H32ClN3O3. The highest BCUT2D eigenvalue weighted by atomic mass is 35.5. The van der Waals surface area contributed by atoms with E-state index in [4.69, 9.17) is 16.3 Å². The number of nitrogens with one attached hydrogen (secondary N) is 3. The first-order chi connectivity index (χ1) is 16.1. The summed E-state index contributed by atoms with van der Waals surface area (Å²) in [5.74, 6) is 0.664. The van der Waals surface area contributed by atoms with Gasteiger partial charge >= 0.3 is 6.09 Å². The number of anilines is 1. The average molecular weight is 470 g/mol. The zero-order chi connectivity index (χ0) is 23.0. The molecule has 3 N–H and O–H groups in total. The Hall–Kier alpha value is -2.57. The zero-order valence-electron chi connectivity index (χ0n) is 18.8. The van der Waals surface area contributed by atoms with E-state index in [1.165, 1.54) is 12.8 Å². The molecule has 0 spiro atoms. The number of rotatable bonds is 7. The van der Waals surface area contributed by atoms with Gasteiger partial charge in [0.05, 0.1) is 0 Å². The Morgan fingerprint density at radius 2 is 1.55 bits per heavy atom. The largest absolute Gasteiger partial charge is 0.431 e. The monoisotopic (exact) mass is 469 g/mol. The van der Waals surface area contributed by atoms with Crippen LogP contribution in [-0.2, 0) is 9.53 Å². The van der Waals surface area contributed by atoms with Gasteiger partial charge in [0.15, 0.2) is 0 Å². The van der Waals surface area contributed by atoms with Gasteiger partial charge in [-0.25, -0.2) is 4.79 Å². The minimum absolute atomic E-state index is 0.108. The topological polar surface area (TPSA) is 79.5 Å². The maximum absolute atomic E-state index is 13.5. The third kappa shape index (κ3) is 6.49. The highest BCUT2D eigenvalue weighted by molar-refractivity contribution is 6.30. The fourth-order valence-electron chi connectivity index (χ4n) is 5.07. The van der Waals surface area contributed by atoms with Crippen LogP contribution in [0.5, 0.6) is 0 Å². The Morgan fingerprint density at radius 1 is 0.909 bits per heavy atom. The van der Waals surface area contributed by atoms with Crippen molar-refractivity contribution in [2.75, 3.05) is 18.4 Å². The summed E-state index contributed by atoms with van der Waals surface area (Å²) in [7, 11) is 0. The lowest BCUT2D eigenvalue weighted by Gasteiger charge is -2.36. The van der Waals surface area contributed by atoms with Crippen molar-refractivity contribution in [3.8, 4) is 0 Å². The van der Waals surface area contributed by atoms with E-state index in [1.54, 1.807) is 24.3 Å². The van der Waals surface area contributed by atoms with Crippen molar-refractivity contribution in [3.05, 3.63) is 65.2 Å². The van der Waals surface area contributed by atoms with E-state index in [1.807, 2.05) is 30.3 Å². The average Bonchev–Trinajstić information content (AvgIpc) is 3.38. The molecule has 2 aromatic rings. The van der Waals surface area contributed by atoms with Gasteiger partial charge in [-0.05, 0) is 74.9 Å². The van der Waals surface area contributed by atoms with Crippen LogP contribution in [0.3, 0.4) is 0 Å². The molecule has 0 bridgehead atoms. The normalized spacial score (nSPS) is 18.9. The molecule has 7 heteroatoms. The molecule has 2 amide bonds. The molecule has 2 aliphatic rings. The lowest BCUT2D eigenvalue weighted by atomic mass is 9.81. The van der Waals surface area contributed by atoms with Crippen LogP contribution in [0, 0.1) is 11.8 Å². The summed E-state index contributed by atoms with van der Waals surface area (Å²) in [5.41, 5.74) is 1.20. The van der Waals surface area contributed by atoms with Crippen molar-refractivity contribution >= 4 is 29.3 Å². The molecule has 4 rings (SSSR count). The van der Waals surface area contributed by atoms with E-state index >= 15 is 0 Å². The number of carbonyl (C=O) groups is 2. The van der Waals surface area contributed by atoms with Crippen molar-refractivity contribution in [2.45, 2.75) is 50.7 Å². The molecule has 1 saturated heterocycles. The minimum Gasteiger partial charge on any atom is -0.431 e. The van der Waals surface area contributed by atoms with Gasteiger partial charge in [-0.3, -0.25) is 10.1 Å². The molecule has 2 unspecified atom stereocenters. The predicted octanol–water partition coefficient (Wildman–Crippen LogP) is 5.30. The number of piperidine rings is 1. The number of amides is 2. The third-order valence-corrected chi connectivity index (χ3v) is 7.02. The molecule has 0 aromatic heterocycles. The Labute approximate surface area is 200 Å². The van der Waals surface area contributed by atoms with E-state index in [0.29, 0.717) is 28.1 Å².